The van der Waals surface area contributed by atoms with E-state index in [-0.39, 0.29) is 5.56 Å². The molecule has 0 bridgehead atoms. The molecule has 1 aromatic heterocycles. The Morgan fingerprint density at radius 2 is 1.46 bits per heavy atom. The van der Waals surface area contributed by atoms with Crippen molar-refractivity contribution < 1.29 is 0 Å². The molecule has 0 aliphatic carbocycles. The fraction of sp³-hybridized carbons (Fsp3) is 0.304. The van der Waals surface area contributed by atoms with Gasteiger partial charge in [0.15, 0.2) is 0 Å². The third-order valence-corrected chi connectivity index (χ3v) is 4.72. The van der Waals surface area contributed by atoms with Gasteiger partial charge in [-0.2, -0.15) is 5.10 Å². The monoisotopic (exact) mass is 346 g/mol. The van der Waals surface area contributed by atoms with E-state index in [1.54, 1.807) is 4.68 Å². The molecular formula is C23H26N2O. The Balaban J connectivity index is 2.12. The van der Waals surface area contributed by atoms with Crippen molar-refractivity contribution in [3.05, 3.63) is 76.6 Å². The molecule has 3 nitrogen and oxygen atoms in total. The Labute approximate surface area is 155 Å². The molecule has 1 heterocycles. The zero-order valence-electron chi connectivity index (χ0n) is 15.6. The van der Waals surface area contributed by atoms with Gasteiger partial charge in [-0.15, -0.1) is 0 Å². The third-order valence-electron chi connectivity index (χ3n) is 4.72. The second-order valence-corrected chi connectivity index (χ2v) is 6.67. The average molecular weight is 346 g/mol. The standard InChI is InChI=1S/C23H26N2O/c1-3-4-5-12-17-25-23(26)18(2)21(19-13-8-6-9-14-19)22(24-25)20-15-10-7-11-16-20/h6-11,13-16H,3-5,12,17H2,1-2H3. The molecule has 0 radical (unpaired) electrons. The van der Waals surface area contributed by atoms with E-state index in [0.29, 0.717) is 6.54 Å². The highest BCUT2D eigenvalue weighted by molar-refractivity contribution is 5.82. The van der Waals surface area contributed by atoms with Gasteiger partial charge < -0.3 is 0 Å². The third kappa shape index (κ3) is 3.93. The van der Waals surface area contributed by atoms with Crippen molar-refractivity contribution in [3.63, 3.8) is 0 Å². The molecule has 2 aromatic carbocycles. The van der Waals surface area contributed by atoms with Gasteiger partial charge in [-0.3, -0.25) is 4.79 Å². The number of benzene rings is 2. The van der Waals surface area contributed by atoms with E-state index in [2.05, 4.69) is 19.1 Å². The van der Waals surface area contributed by atoms with Crippen molar-refractivity contribution in [1.82, 2.24) is 9.78 Å². The summed E-state index contributed by atoms with van der Waals surface area (Å²) in [6.07, 6.45) is 4.49. The summed E-state index contributed by atoms with van der Waals surface area (Å²) < 4.78 is 1.65. The fourth-order valence-corrected chi connectivity index (χ4v) is 3.29. The van der Waals surface area contributed by atoms with Crippen molar-refractivity contribution in [3.8, 4) is 22.4 Å². The van der Waals surface area contributed by atoms with E-state index in [1.165, 1.54) is 12.8 Å². The number of rotatable bonds is 7. The number of hydrogen-bond donors (Lipinski definition) is 0. The maximum Gasteiger partial charge on any atom is 0.270 e. The first-order valence-electron chi connectivity index (χ1n) is 9.45. The number of unbranched alkanes of at least 4 members (excludes halogenated alkanes) is 3. The van der Waals surface area contributed by atoms with Crippen LogP contribution in [0.2, 0.25) is 0 Å². The number of aryl methyl sites for hydroxylation is 1. The van der Waals surface area contributed by atoms with Gasteiger partial charge in [-0.05, 0) is 18.9 Å². The molecule has 3 heteroatoms. The van der Waals surface area contributed by atoms with Crippen LogP contribution >= 0.6 is 0 Å². The normalized spacial score (nSPS) is 10.8. The Kier molecular flexibility index (Phi) is 6.00. The van der Waals surface area contributed by atoms with E-state index in [4.69, 9.17) is 5.10 Å². The van der Waals surface area contributed by atoms with Crippen molar-refractivity contribution in [2.75, 3.05) is 0 Å². The highest BCUT2D eigenvalue weighted by Gasteiger charge is 2.17. The molecule has 0 amide bonds. The lowest BCUT2D eigenvalue weighted by atomic mass is 9.96. The van der Waals surface area contributed by atoms with Crippen LogP contribution < -0.4 is 5.56 Å². The van der Waals surface area contributed by atoms with Crippen LogP contribution in [-0.4, -0.2) is 9.78 Å². The predicted octanol–water partition coefficient (Wildman–Crippen LogP) is 5.47. The summed E-state index contributed by atoms with van der Waals surface area (Å²) in [5.41, 5.74) is 4.67. The molecule has 0 aliphatic heterocycles. The van der Waals surface area contributed by atoms with E-state index >= 15 is 0 Å². The predicted molar refractivity (Wildman–Crippen MR) is 108 cm³/mol. The van der Waals surface area contributed by atoms with Crippen molar-refractivity contribution in [2.45, 2.75) is 46.1 Å². The highest BCUT2D eigenvalue weighted by Crippen LogP contribution is 2.31. The lowest BCUT2D eigenvalue weighted by Gasteiger charge is -2.15. The zero-order chi connectivity index (χ0) is 18.4. The molecule has 134 valence electrons. The molecule has 0 fully saturated rings. The van der Waals surface area contributed by atoms with Gasteiger partial charge in [0.25, 0.3) is 5.56 Å². The smallest absolute Gasteiger partial charge is 0.267 e. The molecule has 26 heavy (non-hydrogen) atoms. The number of aromatic nitrogens is 2. The van der Waals surface area contributed by atoms with E-state index in [9.17, 15) is 4.79 Å². The maximum absolute atomic E-state index is 12.9. The Morgan fingerprint density at radius 3 is 2.08 bits per heavy atom. The van der Waals surface area contributed by atoms with Crippen molar-refractivity contribution in [2.24, 2.45) is 0 Å². The van der Waals surface area contributed by atoms with Gasteiger partial charge in [0.05, 0.1) is 5.69 Å². The molecule has 0 saturated heterocycles. The Bertz CT molecular complexity index is 899. The minimum atomic E-state index is 0.0139. The number of hydrogen-bond acceptors (Lipinski definition) is 2. The first-order valence-corrected chi connectivity index (χ1v) is 9.45. The summed E-state index contributed by atoms with van der Waals surface area (Å²) in [6, 6.07) is 20.2. The first-order chi connectivity index (χ1) is 12.7. The van der Waals surface area contributed by atoms with E-state index in [0.717, 1.165) is 40.8 Å². The molecule has 0 saturated carbocycles. The summed E-state index contributed by atoms with van der Waals surface area (Å²) in [5.74, 6) is 0. The van der Waals surface area contributed by atoms with Crippen LogP contribution in [0.5, 0.6) is 0 Å². The number of nitrogens with zero attached hydrogens (tertiary/aromatic N) is 2. The molecule has 3 rings (SSSR count). The first kappa shape index (κ1) is 18.1. The highest BCUT2D eigenvalue weighted by atomic mass is 16.1. The van der Waals surface area contributed by atoms with Crippen LogP contribution in [0.15, 0.2) is 65.5 Å². The summed E-state index contributed by atoms with van der Waals surface area (Å²) in [6.45, 7) is 4.78. The summed E-state index contributed by atoms with van der Waals surface area (Å²) >= 11 is 0. The molecule has 0 aliphatic rings. The summed E-state index contributed by atoms with van der Waals surface area (Å²) in [7, 11) is 0. The molecule has 0 atom stereocenters. The van der Waals surface area contributed by atoms with Crippen LogP contribution in [0, 0.1) is 6.92 Å². The Hall–Kier alpha value is -2.68. The SMILES string of the molecule is CCCCCCn1nc(-c2ccccc2)c(-c2ccccc2)c(C)c1=O. The van der Waals surface area contributed by atoms with Crippen LogP contribution in [0.1, 0.15) is 38.2 Å². The van der Waals surface area contributed by atoms with Crippen molar-refractivity contribution >= 4 is 0 Å². The van der Waals surface area contributed by atoms with Gasteiger partial charge in [0, 0.05) is 23.2 Å². The molecule has 3 aromatic rings. The van der Waals surface area contributed by atoms with E-state index in [1.807, 2.05) is 55.5 Å². The maximum atomic E-state index is 12.9. The minimum Gasteiger partial charge on any atom is -0.267 e. The molecule has 0 unspecified atom stereocenters. The second-order valence-electron chi connectivity index (χ2n) is 6.67. The Morgan fingerprint density at radius 1 is 0.846 bits per heavy atom. The van der Waals surface area contributed by atoms with Crippen LogP contribution in [-0.2, 0) is 6.54 Å². The summed E-state index contributed by atoms with van der Waals surface area (Å²) in [4.78, 5) is 12.9. The zero-order valence-corrected chi connectivity index (χ0v) is 15.6. The molecule has 0 N–H and O–H groups in total. The van der Waals surface area contributed by atoms with E-state index < -0.39 is 0 Å². The fourth-order valence-electron chi connectivity index (χ4n) is 3.29. The largest absolute Gasteiger partial charge is 0.270 e. The van der Waals surface area contributed by atoms with Gasteiger partial charge >= 0.3 is 0 Å². The summed E-state index contributed by atoms with van der Waals surface area (Å²) in [5, 5.41) is 4.78. The van der Waals surface area contributed by atoms with Crippen molar-refractivity contribution in [1.29, 1.82) is 0 Å². The van der Waals surface area contributed by atoms with Gasteiger partial charge in [-0.25, -0.2) is 4.68 Å². The van der Waals surface area contributed by atoms with Gasteiger partial charge in [-0.1, -0.05) is 86.8 Å². The lowest BCUT2D eigenvalue weighted by molar-refractivity contribution is 0.519. The van der Waals surface area contributed by atoms with Crippen LogP contribution in [0.4, 0.5) is 0 Å². The van der Waals surface area contributed by atoms with Crippen LogP contribution in [0.3, 0.4) is 0 Å². The molecular weight excluding hydrogens is 320 g/mol. The quantitative estimate of drug-likeness (QED) is 0.532. The average Bonchev–Trinajstić information content (AvgIpc) is 2.69. The topological polar surface area (TPSA) is 34.9 Å². The molecule has 0 spiro atoms. The minimum absolute atomic E-state index is 0.0139. The van der Waals surface area contributed by atoms with Crippen LogP contribution in [0.25, 0.3) is 22.4 Å². The lowest BCUT2D eigenvalue weighted by Crippen LogP contribution is -2.26. The second kappa shape index (κ2) is 8.61. The van der Waals surface area contributed by atoms with Gasteiger partial charge in [0.2, 0.25) is 0 Å². The van der Waals surface area contributed by atoms with Gasteiger partial charge in [0.1, 0.15) is 0 Å².